The van der Waals surface area contributed by atoms with Crippen LogP contribution in [0, 0.1) is 0 Å². The number of ether oxygens (including phenoxy) is 2. The minimum atomic E-state index is -4.64. The molecule has 72 heavy (non-hydrogen) atoms. The second kappa shape index (κ2) is 52.3. The summed E-state index contributed by atoms with van der Waals surface area (Å²) >= 11 is 0. The zero-order chi connectivity index (χ0) is 52.7. The van der Waals surface area contributed by atoms with Crippen LogP contribution in [0.25, 0.3) is 0 Å². The van der Waals surface area contributed by atoms with Gasteiger partial charge in [-0.3, -0.25) is 14.2 Å². The van der Waals surface area contributed by atoms with Crippen LogP contribution in [-0.2, 0) is 32.7 Å². The largest absolute Gasteiger partial charge is 0.756 e. The molecule has 0 spiro atoms. The third-order valence-corrected chi connectivity index (χ3v) is 12.5. The van der Waals surface area contributed by atoms with Crippen molar-refractivity contribution in [1.29, 1.82) is 0 Å². The van der Waals surface area contributed by atoms with E-state index in [1.807, 2.05) is 21.1 Å². The highest BCUT2D eigenvalue weighted by molar-refractivity contribution is 7.45. The Hall–Kier alpha value is -3.59. The molecular weight excluding hydrogens is 918 g/mol. The van der Waals surface area contributed by atoms with Gasteiger partial charge in [0.05, 0.1) is 27.7 Å². The molecule has 0 aliphatic heterocycles. The molecule has 2 unspecified atom stereocenters. The molecule has 0 heterocycles. The second-order valence-electron chi connectivity index (χ2n) is 19.6. The Morgan fingerprint density at radius 2 is 0.792 bits per heavy atom. The third kappa shape index (κ3) is 55.7. The molecule has 2 atom stereocenters. The number of allylic oxidation sites excluding steroid dienone is 20. The van der Waals surface area contributed by atoms with Gasteiger partial charge in [0.2, 0.25) is 0 Å². The van der Waals surface area contributed by atoms with Gasteiger partial charge in [-0.1, -0.05) is 225 Å². The first-order valence-electron chi connectivity index (χ1n) is 28.2. The monoisotopic (exact) mass is 1020 g/mol. The van der Waals surface area contributed by atoms with Crippen LogP contribution in [0.2, 0.25) is 0 Å². The van der Waals surface area contributed by atoms with E-state index in [0.717, 1.165) is 122 Å². The molecule has 0 aromatic heterocycles. The summed E-state index contributed by atoms with van der Waals surface area (Å²) in [6.45, 7) is 4.07. The van der Waals surface area contributed by atoms with Crippen molar-refractivity contribution < 1.29 is 42.1 Å². The summed E-state index contributed by atoms with van der Waals surface area (Å²) in [5, 5.41) is 0. The summed E-state index contributed by atoms with van der Waals surface area (Å²) in [5.41, 5.74) is 0. The number of phosphoric acid groups is 1. The van der Waals surface area contributed by atoms with Crippen LogP contribution in [0.5, 0.6) is 0 Å². The number of phosphoric ester groups is 1. The fourth-order valence-corrected chi connectivity index (χ4v) is 7.88. The van der Waals surface area contributed by atoms with Crippen LogP contribution in [0.15, 0.2) is 122 Å². The van der Waals surface area contributed by atoms with Crippen molar-refractivity contribution in [3.8, 4) is 0 Å². The van der Waals surface area contributed by atoms with Crippen molar-refractivity contribution in [3.05, 3.63) is 122 Å². The molecule has 0 aromatic carbocycles. The number of esters is 2. The van der Waals surface area contributed by atoms with Crippen LogP contribution in [0.4, 0.5) is 0 Å². The lowest BCUT2D eigenvalue weighted by molar-refractivity contribution is -0.870. The van der Waals surface area contributed by atoms with E-state index in [4.69, 9.17) is 18.5 Å². The van der Waals surface area contributed by atoms with Gasteiger partial charge < -0.3 is 27.9 Å². The summed E-state index contributed by atoms with van der Waals surface area (Å²) in [6, 6.07) is 0. The molecule has 0 fully saturated rings. The number of likely N-dealkylation sites (N-methyl/N-ethyl adjacent to an activating group) is 1. The molecule has 0 radical (unpaired) electrons. The third-order valence-electron chi connectivity index (χ3n) is 11.5. The molecule has 0 saturated heterocycles. The molecule has 10 heteroatoms. The van der Waals surface area contributed by atoms with E-state index in [1.165, 1.54) is 51.4 Å². The van der Waals surface area contributed by atoms with Gasteiger partial charge in [-0.25, -0.2) is 0 Å². The second-order valence-corrected chi connectivity index (χ2v) is 21.0. The smallest absolute Gasteiger partial charge is 0.306 e. The molecule has 0 N–H and O–H groups in total. The number of carbonyl (C=O) groups is 2. The molecule has 0 amide bonds. The van der Waals surface area contributed by atoms with Gasteiger partial charge in [0.1, 0.15) is 19.8 Å². The van der Waals surface area contributed by atoms with Crippen molar-refractivity contribution in [2.45, 2.75) is 213 Å². The molecule has 0 bridgehead atoms. The van der Waals surface area contributed by atoms with Crippen molar-refractivity contribution in [2.24, 2.45) is 0 Å². The van der Waals surface area contributed by atoms with E-state index in [2.05, 4.69) is 135 Å². The van der Waals surface area contributed by atoms with Crippen LogP contribution in [-0.4, -0.2) is 70.0 Å². The van der Waals surface area contributed by atoms with Crippen LogP contribution >= 0.6 is 7.82 Å². The molecule has 0 aromatic rings. The SMILES string of the molecule is CC/C=C\C/C=C\C/C=C\C/C=C\C/C=C\C/C=C\C/C=C\C/C=C\C/C=C\C/C=C\CCCCCCCCC(=O)OC(COC(=O)CCCCCCCCCCCCC)COP(=O)([O-])OCC[N+](C)(C)C. The minimum absolute atomic E-state index is 0.0389. The predicted octanol–water partition coefficient (Wildman–Crippen LogP) is 17.0. The summed E-state index contributed by atoms with van der Waals surface area (Å²) in [6.07, 6.45) is 73.9. The van der Waals surface area contributed by atoms with Crippen molar-refractivity contribution in [2.75, 3.05) is 47.5 Å². The standard InChI is InChI=1S/C62H104NO8P/c1-6-8-10-12-14-16-18-19-20-21-22-23-24-25-26-27-28-29-30-31-32-33-34-35-36-37-38-39-40-41-42-43-45-47-49-51-53-55-62(65)71-60(59-70-72(66,67)69-57-56-63(3,4)5)58-68-61(64)54-52-50-48-46-44-17-15-13-11-9-7-2/h8,10,14,16,19-20,22-23,25-26,28-29,31-32,34-35,37-38,40-41,60H,6-7,9,11-13,15,17-18,21,24,27,30,33,36,39,42-59H2,1-5H3/b10-8-,16-14-,20-19-,23-22-,26-25-,29-28-,32-31-,35-34-,38-37-,41-40-. The van der Waals surface area contributed by atoms with Gasteiger partial charge in [0, 0.05) is 12.8 Å². The number of rotatable bonds is 50. The highest BCUT2D eigenvalue weighted by Gasteiger charge is 2.21. The minimum Gasteiger partial charge on any atom is -0.756 e. The quantitative estimate of drug-likeness (QED) is 0.0195. The van der Waals surface area contributed by atoms with Crippen molar-refractivity contribution >= 4 is 19.8 Å². The number of unbranched alkanes of at least 4 members (excludes halogenated alkanes) is 16. The van der Waals surface area contributed by atoms with E-state index in [9.17, 15) is 19.0 Å². The van der Waals surface area contributed by atoms with Crippen LogP contribution < -0.4 is 4.89 Å². The molecular formula is C62H104NO8P. The summed E-state index contributed by atoms with van der Waals surface area (Å²) in [7, 11) is 1.14. The Morgan fingerprint density at radius 3 is 1.18 bits per heavy atom. The van der Waals surface area contributed by atoms with Gasteiger partial charge in [0.15, 0.2) is 6.10 Å². The van der Waals surface area contributed by atoms with E-state index < -0.39 is 32.5 Å². The number of quaternary nitrogens is 1. The Bertz CT molecular complexity index is 1630. The van der Waals surface area contributed by atoms with Gasteiger partial charge in [-0.05, 0) is 89.9 Å². The normalized spacial score (nSPS) is 14.2. The Labute approximate surface area is 441 Å². The molecule has 0 rings (SSSR count). The lowest BCUT2D eigenvalue weighted by Gasteiger charge is -2.28. The predicted molar refractivity (Wildman–Crippen MR) is 305 cm³/mol. The Morgan fingerprint density at radius 1 is 0.444 bits per heavy atom. The maximum absolute atomic E-state index is 12.8. The van der Waals surface area contributed by atoms with Gasteiger partial charge in [-0.2, -0.15) is 0 Å². The van der Waals surface area contributed by atoms with E-state index in [0.29, 0.717) is 17.4 Å². The lowest BCUT2D eigenvalue weighted by atomic mass is 10.1. The van der Waals surface area contributed by atoms with E-state index in [-0.39, 0.29) is 26.1 Å². The maximum Gasteiger partial charge on any atom is 0.306 e. The van der Waals surface area contributed by atoms with Crippen molar-refractivity contribution in [1.82, 2.24) is 0 Å². The first-order chi connectivity index (χ1) is 35.0. The maximum atomic E-state index is 12.8. The van der Waals surface area contributed by atoms with Crippen LogP contribution in [0.3, 0.4) is 0 Å². The van der Waals surface area contributed by atoms with Gasteiger partial charge >= 0.3 is 11.9 Å². The average Bonchev–Trinajstić information content (AvgIpc) is 3.34. The molecule has 0 saturated carbocycles. The fraction of sp³-hybridized carbons (Fsp3) is 0.645. The zero-order valence-corrected chi connectivity index (χ0v) is 47.2. The summed E-state index contributed by atoms with van der Waals surface area (Å²) in [4.78, 5) is 37.7. The topological polar surface area (TPSA) is 111 Å². The number of carbonyl (C=O) groups excluding carboxylic acids is 2. The molecule has 0 aliphatic carbocycles. The Balaban J connectivity index is 4.15. The number of hydrogen-bond acceptors (Lipinski definition) is 8. The van der Waals surface area contributed by atoms with E-state index >= 15 is 0 Å². The van der Waals surface area contributed by atoms with Gasteiger partial charge in [-0.15, -0.1) is 0 Å². The average molecular weight is 1020 g/mol. The lowest BCUT2D eigenvalue weighted by Crippen LogP contribution is -2.37. The summed E-state index contributed by atoms with van der Waals surface area (Å²) < 4.78 is 34.0. The van der Waals surface area contributed by atoms with E-state index in [1.54, 1.807) is 0 Å². The highest BCUT2D eigenvalue weighted by atomic mass is 31.2. The Kier molecular flexibility index (Phi) is 49.7. The van der Waals surface area contributed by atoms with Gasteiger partial charge in [0.25, 0.3) is 7.82 Å². The van der Waals surface area contributed by atoms with Crippen molar-refractivity contribution in [3.63, 3.8) is 0 Å². The molecule has 410 valence electrons. The number of hydrogen-bond donors (Lipinski definition) is 0. The number of nitrogens with zero attached hydrogens (tertiary/aromatic N) is 1. The van der Waals surface area contributed by atoms with Crippen LogP contribution in [0.1, 0.15) is 206 Å². The first-order valence-corrected chi connectivity index (χ1v) is 29.7. The molecule has 9 nitrogen and oxygen atoms in total. The zero-order valence-electron chi connectivity index (χ0n) is 46.3. The fourth-order valence-electron chi connectivity index (χ4n) is 7.15. The summed E-state index contributed by atoms with van der Waals surface area (Å²) in [5.74, 6) is -0.858. The first kappa shape index (κ1) is 68.4. The molecule has 0 aliphatic rings. The highest BCUT2D eigenvalue weighted by Crippen LogP contribution is 2.38.